The monoisotopic (exact) mass is 312 g/mol. The van der Waals surface area contributed by atoms with E-state index in [0.717, 1.165) is 10.0 Å². The van der Waals surface area contributed by atoms with Crippen LogP contribution >= 0.6 is 27.5 Å². The Morgan fingerprint density at radius 1 is 1.24 bits per heavy atom. The van der Waals surface area contributed by atoms with E-state index in [0.29, 0.717) is 23.2 Å². The van der Waals surface area contributed by atoms with Crippen molar-refractivity contribution >= 4 is 27.5 Å². The highest BCUT2D eigenvalue weighted by Gasteiger charge is 2.08. The molecule has 0 bridgehead atoms. The van der Waals surface area contributed by atoms with Crippen molar-refractivity contribution in [3.63, 3.8) is 0 Å². The number of nitrogens with zero attached hydrogens (tertiary/aromatic N) is 1. The molecular formula is C12H10BrClN2O. The molecule has 0 radical (unpaired) electrons. The van der Waals surface area contributed by atoms with E-state index in [-0.39, 0.29) is 0 Å². The SMILES string of the molecule is NCc1ccnc(Oc2ccc(Br)cc2)c1Cl. The first kappa shape index (κ1) is 12.4. The molecule has 0 saturated carbocycles. The number of halogens is 2. The minimum absolute atomic E-state index is 0.359. The summed E-state index contributed by atoms with van der Waals surface area (Å²) < 4.78 is 6.57. The van der Waals surface area contributed by atoms with Gasteiger partial charge in [0.05, 0.1) is 0 Å². The van der Waals surface area contributed by atoms with Crippen LogP contribution in [-0.4, -0.2) is 4.98 Å². The second-order valence-electron chi connectivity index (χ2n) is 3.35. The van der Waals surface area contributed by atoms with Gasteiger partial charge < -0.3 is 10.5 Å². The molecule has 0 atom stereocenters. The summed E-state index contributed by atoms with van der Waals surface area (Å²) in [5.74, 6) is 1.05. The fourth-order valence-corrected chi connectivity index (χ4v) is 1.80. The van der Waals surface area contributed by atoms with E-state index in [9.17, 15) is 0 Å². The minimum atomic E-state index is 0.359. The Bertz CT molecular complexity index is 516. The molecule has 2 N–H and O–H groups in total. The maximum absolute atomic E-state index is 6.11. The molecule has 1 heterocycles. The largest absolute Gasteiger partial charge is 0.438 e. The summed E-state index contributed by atoms with van der Waals surface area (Å²) >= 11 is 9.47. The number of hydrogen-bond acceptors (Lipinski definition) is 3. The van der Waals surface area contributed by atoms with Gasteiger partial charge in [-0.2, -0.15) is 0 Å². The zero-order valence-corrected chi connectivity index (χ0v) is 11.2. The first-order valence-electron chi connectivity index (χ1n) is 4.97. The number of aromatic nitrogens is 1. The molecule has 3 nitrogen and oxygen atoms in total. The molecule has 0 spiro atoms. The van der Waals surface area contributed by atoms with E-state index in [1.165, 1.54) is 0 Å². The molecule has 5 heteroatoms. The van der Waals surface area contributed by atoms with Crippen molar-refractivity contribution in [1.29, 1.82) is 0 Å². The number of benzene rings is 1. The van der Waals surface area contributed by atoms with Gasteiger partial charge in [0.2, 0.25) is 5.88 Å². The quantitative estimate of drug-likeness (QED) is 0.939. The maximum atomic E-state index is 6.11. The van der Waals surface area contributed by atoms with Crippen LogP contribution in [0.2, 0.25) is 5.02 Å². The molecule has 0 saturated heterocycles. The van der Waals surface area contributed by atoms with Gasteiger partial charge in [-0.05, 0) is 35.9 Å². The lowest BCUT2D eigenvalue weighted by molar-refractivity contribution is 0.462. The molecule has 17 heavy (non-hydrogen) atoms. The zero-order chi connectivity index (χ0) is 12.3. The molecule has 0 aliphatic carbocycles. The molecule has 88 valence electrons. The van der Waals surface area contributed by atoms with Gasteiger partial charge in [-0.15, -0.1) is 0 Å². The Labute approximate surface area is 113 Å². The van der Waals surface area contributed by atoms with Gasteiger partial charge in [-0.25, -0.2) is 4.98 Å². The lowest BCUT2D eigenvalue weighted by atomic mass is 10.2. The lowest BCUT2D eigenvalue weighted by Crippen LogP contribution is -1.99. The van der Waals surface area contributed by atoms with Gasteiger partial charge in [0, 0.05) is 17.2 Å². The smallest absolute Gasteiger partial charge is 0.238 e. The van der Waals surface area contributed by atoms with E-state index < -0.39 is 0 Å². The number of nitrogens with two attached hydrogens (primary N) is 1. The van der Waals surface area contributed by atoms with Crippen molar-refractivity contribution in [3.8, 4) is 11.6 Å². The summed E-state index contributed by atoms with van der Waals surface area (Å²) in [4.78, 5) is 4.08. The van der Waals surface area contributed by atoms with Crippen LogP contribution in [0.4, 0.5) is 0 Å². The standard InChI is InChI=1S/C12H10BrClN2O/c13-9-1-3-10(4-2-9)17-12-11(14)8(7-15)5-6-16-12/h1-6H,7,15H2. The van der Waals surface area contributed by atoms with Crippen molar-refractivity contribution in [1.82, 2.24) is 4.98 Å². The second kappa shape index (κ2) is 5.49. The summed E-state index contributed by atoms with van der Waals surface area (Å²) in [6.45, 7) is 0.359. The summed E-state index contributed by atoms with van der Waals surface area (Å²) in [6.07, 6.45) is 1.63. The van der Waals surface area contributed by atoms with Crippen LogP contribution in [0.15, 0.2) is 41.0 Å². The van der Waals surface area contributed by atoms with Gasteiger partial charge in [-0.3, -0.25) is 0 Å². The van der Waals surface area contributed by atoms with Crippen molar-refractivity contribution < 1.29 is 4.74 Å². The number of hydrogen-bond donors (Lipinski definition) is 1. The molecule has 2 rings (SSSR count). The Balaban J connectivity index is 2.27. The van der Waals surface area contributed by atoms with Gasteiger partial charge in [0.25, 0.3) is 0 Å². The van der Waals surface area contributed by atoms with Crippen molar-refractivity contribution in [2.24, 2.45) is 5.73 Å². The third-order valence-electron chi connectivity index (χ3n) is 2.19. The Morgan fingerprint density at radius 3 is 2.59 bits per heavy atom. The van der Waals surface area contributed by atoms with Gasteiger partial charge in [0.1, 0.15) is 10.8 Å². The lowest BCUT2D eigenvalue weighted by Gasteiger charge is -2.08. The Morgan fingerprint density at radius 2 is 1.94 bits per heavy atom. The molecule has 0 fully saturated rings. The zero-order valence-electron chi connectivity index (χ0n) is 8.86. The van der Waals surface area contributed by atoms with Crippen LogP contribution < -0.4 is 10.5 Å². The molecule has 0 aliphatic heterocycles. The van der Waals surface area contributed by atoms with E-state index in [2.05, 4.69) is 20.9 Å². The number of pyridine rings is 1. The molecule has 1 aromatic heterocycles. The van der Waals surface area contributed by atoms with Gasteiger partial charge >= 0.3 is 0 Å². The molecule has 1 aromatic carbocycles. The van der Waals surface area contributed by atoms with E-state index >= 15 is 0 Å². The average Bonchev–Trinajstić information content (AvgIpc) is 2.35. The molecular weight excluding hydrogens is 304 g/mol. The first-order chi connectivity index (χ1) is 8.20. The summed E-state index contributed by atoms with van der Waals surface area (Å²) in [7, 11) is 0. The third kappa shape index (κ3) is 2.97. The van der Waals surface area contributed by atoms with Crippen molar-refractivity contribution in [2.75, 3.05) is 0 Å². The van der Waals surface area contributed by atoms with E-state index in [4.69, 9.17) is 22.1 Å². The van der Waals surface area contributed by atoms with Crippen molar-refractivity contribution in [2.45, 2.75) is 6.54 Å². The second-order valence-corrected chi connectivity index (χ2v) is 4.64. The van der Waals surface area contributed by atoms with Crippen LogP contribution in [0.1, 0.15) is 5.56 Å². The predicted molar refractivity (Wildman–Crippen MR) is 71.4 cm³/mol. The van der Waals surface area contributed by atoms with E-state index in [1.807, 2.05) is 24.3 Å². The number of rotatable bonds is 3. The van der Waals surface area contributed by atoms with Gasteiger partial charge in [0.15, 0.2) is 0 Å². The molecule has 0 amide bonds. The van der Waals surface area contributed by atoms with Crippen LogP contribution in [0, 0.1) is 0 Å². The van der Waals surface area contributed by atoms with Crippen LogP contribution in [0.5, 0.6) is 11.6 Å². The third-order valence-corrected chi connectivity index (χ3v) is 3.12. The highest BCUT2D eigenvalue weighted by atomic mass is 79.9. The molecule has 0 unspecified atom stereocenters. The predicted octanol–water partition coefficient (Wildman–Crippen LogP) is 3.75. The minimum Gasteiger partial charge on any atom is -0.438 e. The van der Waals surface area contributed by atoms with Crippen LogP contribution in [-0.2, 0) is 6.54 Å². The Hall–Kier alpha value is -1.10. The fraction of sp³-hybridized carbons (Fsp3) is 0.0833. The highest BCUT2D eigenvalue weighted by Crippen LogP contribution is 2.30. The first-order valence-corrected chi connectivity index (χ1v) is 6.14. The van der Waals surface area contributed by atoms with Gasteiger partial charge in [-0.1, -0.05) is 27.5 Å². The number of ether oxygens (including phenoxy) is 1. The average molecular weight is 314 g/mol. The molecule has 0 aliphatic rings. The molecule has 2 aromatic rings. The maximum Gasteiger partial charge on any atom is 0.238 e. The van der Waals surface area contributed by atoms with Crippen molar-refractivity contribution in [3.05, 3.63) is 51.6 Å². The fourth-order valence-electron chi connectivity index (χ4n) is 1.31. The summed E-state index contributed by atoms with van der Waals surface area (Å²) in [6, 6.07) is 9.21. The Kier molecular flexibility index (Phi) is 3.99. The summed E-state index contributed by atoms with van der Waals surface area (Å²) in [5, 5.41) is 0.456. The van der Waals surface area contributed by atoms with Crippen LogP contribution in [0.25, 0.3) is 0 Å². The normalized spacial score (nSPS) is 10.3. The van der Waals surface area contributed by atoms with E-state index in [1.54, 1.807) is 12.3 Å². The highest BCUT2D eigenvalue weighted by molar-refractivity contribution is 9.10. The summed E-state index contributed by atoms with van der Waals surface area (Å²) in [5.41, 5.74) is 6.37. The topological polar surface area (TPSA) is 48.1 Å². The van der Waals surface area contributed by atoms with Crippen LogP contribution in [0.3, 0.4) is 0 Å².